The fourth-order valence-electron chi connectivity index (χ4n) is 2.58. The third kappa shape index (κ3) is 2.65. The molecule has 0 aromatic heterocycles. The van der Waals surface area contributed by atoms with Crippen LogP contribution in [0, 0.1) is 0 Å². The molecule has 0 saturated heterocycles. The summed E-state index contributed by atoms with van der Waals surface area (Å²) in [6.07, 6.45) is 2.13. The number of ether oxygens (including phenoxy) is 2. The monoisotopic (exact) mass is 297 g/mol. The molecule has 1 aliphatic rings. The van der Waals surface area contributed by atoms with E-state index in [9.17, 15) is 0 Å². The van der Waals surface area contributed by atoms with Crippen LogP contribution in [0.25, 0.3) is 16.8 Å². The predicted octanol–water partition coefficient (Wildman–Crippen LogP) is 3.64. The van der Waals surface area contributed by atoms with Gasteiger partial charge in [0.15, 0.2) is 11.5 Å². The number of nitrogens with one attached hydrogen (secondary N) is 1. The average molecular weight is 297 g/mol. The molecule has 1 N–H and O–H groups in total. The number of hydrogen-bond acceptors (Lipinski definition) is 4. The summed E-state index contributed by atoms with van der Waals surface area (Å²) >= 11 is 0. The van der Waals surface area contributed by atoms with Gasteiger partial charge in [0, 0.05) is 5.56 Å². The molecule has 4 heteroatoms. The zero-order valence-corrected chi connectivity index (χ0v) is 12.9. The van der Waals surface area contributed by atoms with E-state index in [4.69, 9.17) is 14.3 Å². The summed E-state index contributed by atoms with van der Waals surface area (Å²) in [5.74, 6) is 1.44. The van der Waals surface area contributed by atoms with Crippen LogP contribution in [0.2, 0.25) is 0 Å². The summed E-state index contributed by atoms with van der Waals surface area (Å²) in [5.41, 5.74) is 7.25. The molecule has 0 saturated carbocycles. The first-order valence-corrected chi connectivity index (χ1v) is 7.18. The van der Waals surface area contributed by atoms with Crippen molar-refractivity contribution in [3.8, 4) is 22.6 Å². The summed E-state index contributed by atoms with van der Waals surface area (Å²) in [6, 6.07) is 14.1. The number of methoxy groups -OCH3 is 2. The van der Waals surface area contributed by atoms with Gasteiger partial charge < -0.3 is 9.47 Å². The normalized spacial score (nSPS) is 16.9. The lowest BCUT2D eigenvalue weighted by Crippen LogP contribution is -2.09. The Morgan fingerprint density at radius 1 is 0.955 bits per heavy atom. The highest BCUT2D eigenvalue weighted by Crippen LogP contribution is 2.35. The zero-order valence-electron chi connectivity index (χ0n) is 12.9. The number of hydrogen-bond donors (Lipinski definition) is 1. The van der Waals surface area contributed by atoms with Gasteiger partial charge in [-0.15, -0.1) is 0 Å². The highest BCUT2D eigenvalue weighted by molar-refractivity contribution is 5.81. The molecule has 2 aromatic carbocycles. The zero-order chi connectivity index (χ0) is 15.5. The van der Waals surface area contributed by atoms with Gasteiger partial charge in [-0.3, -0.25) is 10.3 Å². The first kappa shape index (κ1) is 14.5. The van der Waals surface area contributed by atoms with Crippen molar-refractivity contribution in [1.82, 2.24) is 5.48 Å². The van der Waals surface area contributed by atoms with E-state index >= 15 is 0 Å². The highest BCUT2D eigenvalue weighted by atomic mass is 16.7. The van der Waals surface area contributed by atoms with Crippen molar-refractivity contribution < 1.29 is 14.3 Å². The van der Waals surface area contributed by atoms with Crippen LogP contribution in [0.15, 0.2) is 48.5 Å². The molecule has 1 aliphatic heterocycles. The summed E-state index contributed by atoms with van der Waals surface area (Å²) in [6.45, 7) is 2.00. The maximum atomic E-state index is 5.40. The van der Waals surface area contributed by atoms with Gasteiger partial charge in [-0.1, -0.05) is 30.3 Å². The summed E-state index contributed by atoms with van der Waals surface area (Å²) in [4.78, 5) is 5.40. The molecule has 2 aromatic rings. The van der Waals surface area contributed by atoms with Crippen molar-refractivity contribution in [2.75, 3.05) is 14.2 Å². The van der Waals surface area contributed by atoms with Crippen LogP contribution in [-0.4, -0.2) is 20.3 Å². The lowest BCUT2D eigenvalue weighted by molar-refractivity contribution is 0.0625. The maximum Gasteiger partial charge on any atom is 0.161 e. The number of rotatable bonds is 4. The first-order chi connectivity index (χ1) is 10.7. The Balaban J connectivity index is 2.07. The van der Waals surface area contributed by atoms with Crippen molar-refractivity contribution in [3.05, 3.63) is 54.1 Å². The van der Waals surface area contributed by atoms with Crippen LogP contribution >= 0.6 is 0 Å². The molecule has 0 bridgehead atoms. The van der Waals surface area contributed by atoms with E-state index < -0.39 is 0 Å². The average Bonchev–Trinajstić information content (AvgIpc) is 3.00. The van der Waals surface area contributed by atoms with Crippen LogP contribution in [0.3, 0.4) is 0 Å². The Morgan fingerprint density at radius 2 is 1.68 bits per heavy atom. The van der Waals surface area contributed by atoms with Crippen LogP contribution in [0.5, 0.6) is 11.5 Å². The molecular formula is C18H19NO3. The van der Waals surface area contributed by atoms with Crippen molar-refractivity contribution in [2.24, 2.45) is 0 Å². The smallest absolute Gasteiger partial charge is 0.161 e. The molecule has 1 unspecified atom stereocenters. The Morgan fingerprint density at radius 3 is 2.32 bits per heavy atom. The van der Waals surface area contributed by atoms with Crippen LogP contribution in [-0.2, 0) is 4.84 Å². The molecule has 3 rings (SSSR count). The molecule has 1 atom stereocenters. The molecule has 22 heavy (non-hydrogen) atoms. The predicted molar refractivity (Wildman–Crippen MR) is 86.6 cm³/mol. The van der Waals surface area contributed by atoms with Crippen LogP contribution < -0.4 is 15.0 Å². The van der Waals surface area contributed by atoms with Gasteiger partial charge in [-0.05, 0) is 36.3 Å². The van der Waals surface area contributed by atoms with E-state index in [0.29, 0.717) is 5.75 Å². The number of benzene rings is 2. The van der Waals surface area contributed by atoms with Gasteiger partial charge in [0.2, 0.25) is 0 Å². The maximum absolute atomic E-state index is 5.40. The van der Waals surface area contributed by atoms with Gasteiger partial charge >= 0.3 is 0 Å². The van der Waals surface area contributed by atoms with E-state index in [1.165, 1.54) is 0 Å². The molecule has 114 valence electrons. The Bertz CT molecular complexity index is 709. The van der Waals surface area contributed by atoms with Gasteiger partial charge in [-0.2, -0.15) is 0 Å². The van der Waals surface area contributed by atoms with E-state index in [1.807, 2.05) is 37.3 Å². The van der Waals surface area contributed by atoms with Crippen molar-refractivity contribution in [1.29, 1.82) is 0 Å². The van der Waals surface area contributed by atoms with Crippen LogP contribution in [0.1, 0.15) is 12.5 Å². The molecule has 0 fully saturated rings. The molecule has 0 amide bonds. The van der Waals surface area contributed by atoms with Gasteiger partial charge in [0.25, 0.3) is 0 Å². The fourth-order valence-corrected chi connectivity index (χ4v) is 2.58. The minimum absolute atomic E-state index is 0.0634. The van der Waals surface area contributed by atoms with Gasteiger partial charge in [0.05, 0.1) is 19.9 Å². The standard InChI is InChI=1S/C18H19NO3/c1-12-10-16(19-22-12)15-7-5-4-6-14(15)13-8-9-17(20-2)18(11-13)21-3/h4-12,19H,1-3H3. The topological polar surface area (TPSA) is 39.7 Å². The highest BCUT2D eigenvalue weighted by Gasteiger charge is 2.17. The van der Waals surface area contributed by atoms with E-state index in [0.717, 1.165) is 28.1 Å². The first-order valence-electron chi connectivity index (χ1n) is 7.18. The molecule has 0 radical (unpaired) electrons. The molecule has 1 heterocycles. The summed E-state index contributed by atoms with van der Waals surface area (Å²) < 4.78 is 10.7. The largest absolute Gasteiger partial charge is 0.493 e. The van der Waals surface area contributed by atoms with Crippen molar-refractivity contribution in [3.63, 3.8) is 0 Å². The quantitative estimate of drug-likeness (QED) is 0.935. The Labute approximate surface area is 130 Å². The fraction of sp³-hybridized carbons (Fsp3) is 0.222. The minimum Gasteiger partial charge on any atom is -0.493 e. The van der Waals surface area contributed by atoms with Crippen molar-refractivity contribution >= 4 is 5.70 Å². The summed E-state index contributed by atoms with van der Waals surface area (Å²) in [5, 5.41) is 0. The summed E-state index contributed by atoms with van der Waals surface area (Å²) in [7, 11) is 3.28. The Kier molecular flexibility index (Phi) is 4.02. The lowest BCUT2D eigenvalue weighted by Gasteiger charge is -2.13. The second-order valence-corrected chi connectivity index (χ2v) is 5.12. The molecule has 4 nitrogen and oxygen atoms in total. The molecule has 0 aliphatic carbocycles. The van der Waals surface area contributed by atoms with Crippen molar-refractivity contribution in [2.45, 2.75) is 13.0 Å². The van der Waals surface area contributed by atoms with Gasteiger partial charge in [-0.25, -0.2) is 0 Å². The van der Waals surface area contributed by atoms with E-state index in [-0.39, 0.29) is 6.10 Å². The van der Waals surface area contributed by atoms with Crippen LogP contribution in [0.4, 0.5) is 0 Å². The third-order valence-corrected chi connectivity index (χ3v) is 3.67. The Hall–Kier alpha value is -2.46. The molecular weight excluding hydrogens is 278 g/mol. The number of hydroxylamine groups is 1. The second kappa shape index (κ2) is 6.12. The lowest BCUT2D eigenvalue weighted by atomic mass is 9.97. The minimum atomic E-state index is 0.0634. The van der Waals surface area contributed by atoms with Gasteiger partial charge in [0.1, 0.15) is 6.10 Å². The molecule has 0 spiro atoms. The van der Waals surface area contributed by atoms with E-state index in [1.54, 1.807) is 14.2 Å². The third-order valence-electron chi connectivity index (χ3n) is 3.67. The van der Waals surface area contributed by atoms with E-state index in [2.05, 4.69) is 23.7 Å². The second-order valence-electron chi connectivity index (χ2n) is 5.12. The SMILES string of the molecule is COc1ccc(-c2ccccc2C2=CC(C)ON2)cc1OC.